The molecule has 1 heterocycles. The standard InChI is InChI=1S/C20H20ClN3O3/c1-12-10-16(17(27-2)11-14(12)21)23-19(25)9-5-8-18-22-15-7-4-3-6-13(15)20(26)24-18/h3-4,6-7,10-11H,5,8-9H2,1-2H3,(H,23,25)(H,22,24,26). The highest BCUT2D eigenvalue weighted by Crippen LogP contribution is 2.31. The second kappa shape index (κ2) is 8.22. The normalized spacial score (nSPS) is 10.8. The first kappa shape index (κ1) is 18.9. The number of hydrogen-bond acceptors (Lipinski definition) is 4. The Hall–Kier alpha value is -2.86. The number of methoxy groups -OCH3 is 1. The number of para-hydroxylation sites is 1. The van der Waals surface area contributed by atoms with Crippen molar-refractivity contribution < 1.29 is 9.53 Å². The van der Waals surface area contributed by atoms with Gasteiger partial charge < -0.3 is 15.0 Å². The molecule has 0 atom stereocenters. The lowest BCUT2D eigenvalue weighted by Crippen LogP contribution is -2.14. The van der Waals surface area contributed by atoms with Crippen LogP contribution < -0.4 is 15.6 Å². The minimum absolute atomic E-state index is 0.141. The van der Waals surface area contributed by atoms with E-state index in [0.29, 0.717) is 52.4 Å². The van der Waals surface area contributed by atoms with Crippen molar-refractivity contribution in [2.75, 3.05) is 12.4 Å². The van der Waals surface area contributed by atoms with Gasteiger partial charge in [-0.25, -0.2) is 4.98 Å². The number of hydrogen-bond donors (Lipinski definition) is 2. The number of H-pyrrole nitrogens is 1. The molecule has 0 spiro atoms. The number of anilines is 1. The summed E-state index contributed by atoms with van der Waals surface area (Å²) in [5.74, 6) is 0.948. The van der Waals surface area contributed by atoms with E-state index in [1.807, 2.05) is 13.0 Å². The Bertz CT molecular complexity index is 1050. The number of halogens is 1. The van der Waals surface area contributed by atoms with E-state index in [1.165, 1.54) is 7.11 Å². The summed E-state index contributed by atoms with van der Waals surface area (Å²) in [6, 6.07) is 10.6. The Labute approximate surface area is 161 Å². The van der Waals surface area contributed by atoms with Gasteiger partial charge in [0.15, 0.2) is 0 Å². The monoisotopic (exact) mass is 385 g/mol. The molecule has 0 saturated carbocycles. The minimum atomic E-state index is -0.165. The molecule has 0 aliphatic rings. The van der Waals surface area contributed by atoms with Gasteiger partial charge in [-0.3, -0.25) is 9.59 Å². The van der Waals surface area contributed by atoms with Crippen LogP contribution in [0.2, 0.25) is 5.02 Å². The van der Waals surface area contributed by atoms with Crippen LogP contribution >= 0.6 is 11.6 Å². The molecule has 0 radical (unpaired) electrons. The number of fused-ring (bicyclic) bond motifs is 1. The molecular weight excluding hydrogens is 366 g/mol. The van der Waals surface area contributed by atoms with Gasteiger partial charge in [0.25, 0.3) is 5.56 Å². The number of ether oxygens (including phenoxy) is 1. The van der Waals surface area contributed by atoms with E-state index in [2.05, 4.69) is 15.3 Å². The molecule has 27 heavy (non-hydrogen) atoms. The predicted molar refractivity (Wildman–Crippen MR) is 107 cm³/mol. The second-order valence-electron chi connectivity index (χ2n) is 6.23. The first-order valence-electron chi connectivity index (χ1n) is 8.60. The summed E-state index contributed by atoms with van der Waals surface area (Å²) in [7, 11) is 1.53. The van der Waals surface area contributed by atoms with E-state index >= 15 is 0 Å². The van der Waals surface area contributed by atoms with Crippen LogP contribution in [0.25, 0.3) is 10.9 Å². The topological polar surface area (TPSA) is 84.1 Å². The number of aromatic nitrogens is 2. The van der Waals surface area contributed by atoms with Crippen LogP contribution in [0.3, 0.4) is 0 Å². The summed E-state index contributed by atoms with van der Waals surface area (Å²) in [5.41, 5.74) is 1.93. The van der Waals surface area contributed by atoms with Crippen molar-refractivity contribution in [3.63, 3.8) is 0 Å². The van der Waals surface area contributed by atoms with E-state index in [9.17, 15) is 9.59 Å². The molecule has 2 N–H and O–H groups in total. The number of carbonyl (C=O) groups excluding carboxylic acids is 1. The summed E-state index contributed by atoms with van der Waals surface area (Å²) < 4.78 is 5.26. The average molecular weight is 386 g/mol. The number of carbonyl (C=O) groups is 1. The molecule has 0 unspecified atom stereocenters. The van der Waals surface area contributed by atoms with Gasteiger partial charge in [-0.2, -0.15) is 0 Å². The highest BCUT2D eigenvalue weighted by molar-refractivity contribution is 6.31. The maximum atomic E-state index is 12.3. The van der Waals surface area contributed by atoms with Gasteiger partial charge in [0.05, 0.1) is 23.7 Å². The lowest BCUT2D eigenvalue weighted by molar-refractivity contribution is -0.116. The first-order valence-corrected chi connectivity index (χ1v) is 8.97. The Morgan fingerprint density at radius 2 is 2.07 bits per heavy atom. The first-order chi connectivity index (χ1) is 13.0. The van der Waals surface area contributed by atoms with Gasteiger partial charge in [-0.15, -0.1) is 0 Å². The fourth-order valence-electron chi connectivity index (χ4n) is 2.81. The number of aryl methyl sites for hydroxylation is 2. The molecular formula is C20H20ClN3O3. The molecule has 1 amide bonds. The van der Waals surface area contributed by atoms with Crippen LogP contribution in [0.1, 0.15) is 24.2 Å². The van der Waals surface area contributed by atoms with Crippen LogP contribution in [0.15, 0.2) is 41.2 Å². The summed E-state index contributed by atoms with van der Waals surface area (Å²) in [6.07, 6.45) is 1.35. The number of amides is 1. The summed E-state index contributed by atoms with van der Waals surface area (Å²) >= 11 is 6.08. The highest BCUT2D eigenvalue weighted by Gasteiger charge is 2.11. The quantitative estimate of drug-likeness (QED) is 0.674. The fraction of sp³-hybridized carbons (Fsp3) is 0.250. The maximum Gasteiger partial charge on any atom is 0.258 e. The van der Waals surface area contributed by atoms with Gasteiger partial charge in [-0.05, 0) is 37.1 Å². The van der Waals surface area contributed by atoms with Gasteiger partial charge >= 0.3 is 0 Å². The molecule has 7 heteroatoms. The Kier molecular flexibility index (Phi) is 5.76. The molecule has 140 valence electrons. The van der Waals surface area contributed by atoms with Gasteiger partial charge in [0.1, 0.15) is 11.6 Å². The zero-order valence-electron chi connectivity index (χ0n) is 15.1. The average Bonchev–Trinajstić information content (AvgIpc) is 2.64. The van der Waals surface area contributed by atoms with Crippen molar-refractivity contribution in [1.82, 2.24) is 9.97 Å². The summed E-state index contributed by atoms with van der Waals surface area (Å²) in [5, 5.41) is 3.98. The largest absolute Gasteiger partial charge is 0.495 e. The van der Waals surface area contributed by atoms with Crippen LogP contribution in [0.4, 0.5) is 5.69 Å². The van der Waals surface area contributed by atoms with E-state index < -0.39 is 0 Å². The molecule has 0 bridgehead atoms. The molecule has 6 nitrogen and oxygen atoms in total. The van der Waals surface area contributed by atoms with E-state index in [1.54, 1.807) is 30.3 Å². The van der Waals surface area contributed by atoms with Crippen molar-refractivity contribution in [3.05, 3.63) is 63.2 Å². The molecule has 3 aromatic rings. The van der Waals surface area contributed by atoms with Gasteiger partial charge in [0, 0.05) is 23.9 Å². The smallest absolute Gasteiger partial charge is 0.258 e. The van der Waals surface area contributed by atoms with Crippen LogP contribution in [0, 0.1) is 6.92 Å². The van der Waals surface area contributed by atoms with Crippen molar-refractivity contribution in [1.29, 1.82) is 0 Å². The predicted octanol–water partition coefficient (Wildman–Crippen LogP) is 3.85. The fourth-order valence-corrected chi connectivity index (χ4v) is 2.97. The van der Waals surface area contributed by atoms with Gasteiger partial charge in [0.2, 0.25) is 5.91 Å². The summed E-state index contributed by atoms with van der Waals surface area (Å²) in [4.78, 5) is 31.5. The Morgan fingerprint density at radius 3 is 2.85 bits per heavy atom. The zero-order valence-corrected chi connectivity index (χ0v) is 15.9. The summed E-state index contributed by atoms with van der Waals surface area (Å²) in [6.45, 7) is 1.86. The maximum absolute atomic E-state index is 12.3. The molecule has 0 aliphatic heterocycles. The Morgan fingerprint density at radius 1 is 1.30 bits per heavy atom. The number of rotatable bonds is 6. The second-order valence-corrected chi connectivity index (χ2v) is 6.64. The molecule has 0 fully saturated rings. The van der Waals surface area contributed by atoms with Crippen LogP contribution in [-0.2, 0) is 11.2 Å². The zero-order chi connectivity index (χ0) is 19.4. The van der Waals surface area contributed by atoms with Crippen LogP contribution in [0.5, 0.6) is 5.75 Å². The number of aromatic amines is 1. The molecule has 1 aromatic heterocycles. The molecule has 0 aliphatic carbocycles. The lowest BCUT2D eigenvalue weighted by atomic mass is 10.1. The van der Waals surface area contributed by atoms with Gasteiger partial charge in [-0.1, -0.05) is 23.7 Å². The van der Waals surface area contributed by atoms with Crippen molar-refractivity contribution >= 4 is 34.1 Å². The molecule has 2 aromatic carbocycles. The number of nitrogens with zero attached hydrogens (tertiary/aromatic N) is 1. The third kappa shape index (κ3) is 4.46. The lowest BCUT2D eigenvalue weighted by Gasteiger charge is -2.12. The van der Waals surface area contributed by atoms with Crippen molar-refractivity contribution in [3.8, 4) is 5.75 Å². The SMILES string of the molecule is COc1cc(Cl)c(C)cc1NC(=O)CCCc1nc2ccccc2c(=O)[nH]1. The van der Waals surface area contributed by atoms with Crippen LogP contribution in [-0.4, -0.2) is 23.0 Å². The van der Waals surface area contributed by atoms with E-state index in [4.69, 9.17) is 16.3 Å². The third-order valence-corrected chi connectivity index (χ3v) is 4.64. The third-order valence-electron chi connectivity index (χ3n) is 4.23. The molecule has 0 saturated heterocycles. The Balaban J connectivity index is 1.62. The highest BCUT2D eigenvalue weighted by atomic mass is 35.5. The van der Waals surface area contributed by atoms with Crippen molar-refractivity contribution in [2.24, 2.45) is 0 Å². The number of benzene rings is 2. The minimum Gasteiger partial charge on any atom is -0.495 e. The molecule has 3 rings (SSSR count). The van der Waals surface area contributed by atoms with E-state index in [-0.39, 0.29) is 11.5 Å². The van der Waals surface area contributed by atoms with Crippen molar-refractivity contribution in [2.45, 2.75) is 26.2 Å². The number of nitrogens with one attached hydrogen (secondary N) is 2. The van der Waals surface area contributed by atoms with E-state index in [0.717, 1.165) is 5.56 Å².